The van der Waals surface area contributed by atoms with E-state index in [1.54, 1.807) is 4.90 Å². The molecule has 1 aliphatic rings. The van der Waals surface area contributed by atoms with Crippen LogP contribution in [0.1, 0.15) is 22.7 Å². The van der Waals surface area contributed by atoms with Gasteiger partial charge in [0.25, 0.3) is 0 Å². The lowest BCUT2D eigenvalue weighted by atomic mass is 9.93. The van der Waals surface area contributed by atoms with E-state index in [0.29, 0.717) is 16.7 Å². The molecule has 4 rings (SSSR count). The number of aryl methyl sites for hydroxylation is 1. The molecule has 7 heteroatoms. The van der Waals surface area contributed by atoms with Crippen LogP contribution in [0.2, 0.25) is 0 Å². The summed E-state index contributed by atoms with van der Waals surface area (Å²) in [5.74, 6) is 0.337. The summed E-state index contributed by atoms with van der Waals surface area (Å²) >= 11 is 1.41. The van der Waals surface area contributed by atoms with Crippen molar-refractivity contribution in [3.05, 3.63) is 77.0 Å². The van der Waals surface area contributed by atoms with Crippen LogP contribution in [0, 0.1) is 6.92 Å². The highest BCUT2D eigenvalue weighted by atomic mass is 32.2. The predicted octanol–water partition coefficient (Wildman–Crippen LogP) is 3.68. The molecule has 2 unspecified atom stereocenters. The Morgan fingerprint density at radius 3 is 2.41 bits per heavy atom. The van der Waals surface area contributed by atoms with Gasteiger partial charge in [0.05, 0.1) is 6.04 Å². The largest absolute Gasteiger partial charge is 0.507 e. The number of hydrogen-bond donors (Lipinski definition) is 3. The van der Waals surface area contributed by atoms with Gasteiger partial charge in [0, 0.05) is 5.57 Å². The summed E-state index contributed by atoms with van der Waals surface area (Å²) in [6.45, 7) is 2.03. The second-order valence-corrected chi connectivity index (χ2v) is 7.18. The van der Waals surface area contributed by atoms with Crippen molar-refractivity contribution < 1.29 is 10.2 Å². The molecule has 3 aromatic rings. The van der Waals surface area contributed by atoms with Crippen LogP contribution in [-0.4, -0.2) is 37.9 Å². The van der Waals surface area contributed by atoms with E-state index < -0.39 is 12.3 Å². The molecule has 0 bridgehead atoms. The zero-order chi connectivity index (χ0) is 19.0. The monoisotopic (exact) mass is 380 g/mol. The van der Waals surface area contributed by atoms with Gasteiger partial charge >= 0.3 is 0 Å². The van der Waals surface area contributed by atoms with Gasteiger partial charge in [-0.25, -0.2) is 5.10 Å². The summed E-state index contributed by atoms with van der Waals surface area (Å²) in [5, 5.41) is 29.3. The average molecular weight is 380 g/mol. The second-order valence-electron chi connectivity index (χ2n) is 6.40. The van der Waals surface area contributed by atoms with Crippen LogP contribution in [-0.2, 0) is 0 Å². The fourth-order valence-electron chi connectivity index (χ4n) is 3.37. The van der Waals surface area contributed by atoms with Gasteiger partial charge in [-0.2, -0.15) is 4.98 Å². The molecule has 0 amide bonds. The minimum atomic E-state index is -1.21. The van der Waals surface area contributed by atoms with Gasteiger partial charge < -0.3 is 10.2 Å². The Hall–Kier alpha value is -2.77. The topological polar surface area (TPSA) is 85.3 Å². The second kappa shape index (κ2) is 7.09. The molecule has 2 atom stereocenters. The number of aliphatic hydroxyl groups is 2. The number of anilines is 1. The first-order chi connectivity index (χ1) is 13.1. The number of benzene rings is 2. The van der Waals surface area contributed by atoms with E-state index in [2.05, 4.69) is 15.2 Å². The first-order valence-electron chi connectivity index (χ1n) is 8.58. The Morgan fingerprint density at radius 1 is 1.07 bits per heavy atom. The number of aromatic amines is 1. The average Bonchev–Trinajstić information content (AvgIpc) is 3.26. The molecule has 0 saturated heterocycles. The van der Waals surface area contributed by atoms with E-state index in [9.17, 15) is 10.2 Å². The quantitative estimate of drug-likeness (QED) is 0.599. The summed E-state index contributed by atoms with van der Waals surface area (Å²) in [5.41, 5.74) is 3.60. The Labute approximate surface area is 161 Å². The molecule has 0 aliphatic carbocycles. The number of thioether (sulfide) groups is 1. The van der Waals surface area contributed by atoms with Crippen LogP contribution in [0.5, 0.6) is 0 Å². The number of H-pyrrole nitrogens is 1. The van der Waals surface area contributed by atoms with E-state index >= 15 is 0 Å². The number of nitrogens with one attached hydrogen (secondary N) is 1. The maximum absolute atomic E-state index is 10.8. The SMILES string of the molecule is CSc1n[nH]c(N2C(O)C(O)=C(c3ccccc3)C2c2ccc(C)cc2)n1. The van der Waals surface area contributed by atoms with Crippen molar-refractivity contribution in [3.8, 4) is 0 Å². The third kappa shape index (κ3) is 3.09. The van der Waals surface area contributed by atoms with Crippen LogP contribution < -0.4 is 4.90 Å². The van der Waals surface area contributed by atoms with E-state index in [1.807, 2.05) is 67.8 Å². The molecule has 6 nitrogen and oxygen atoms in total. The van der Waals surface area contributed by atoms with Crippen molar-refractivity contribution in [3.63, 3.8) is 0 Å². The van der Waals surface area contributed by atoms with Gasteiger partial charge in [0.1, 0.15) is 5.76 Å². The third-order valence-corrected chi connectivity index (χ3v) is 5.24. The van der Waals surface area contributed by atoms with Gasteiger partial charge in [0.2, 0.25) is 11.1 Å². The number of hydrogen-bond acceptors (Lipinski definition) is 6. The van der Waals surface area contributed by atoms with E-state index in [4.69, 9.17) is 0 Å². The molecule has 2 aromatic carbocycles. The van der Waals surface area contributed by atoms with Gasteiger partial charge in [-0.15, -0.1) is 5.10 Å². The zero-order valence-electron chi connectivity index (χ0n) is 15.0. The Morgan fingerprint density at radius 2 is 1.78 bits per heavy atom. The van der Waals surface area contributed by atoms with Gasteiger partial charge in [-0.05, 0) is 24.3 Å². The van der Waals surface area contributed by atoms with Crippen molar-refractivity contribution in [1.29, 1.82) is 0 Å². The van der Waals surface area contributed by atoms with E-state index in [-0.39, 0.29) is 5.76 Å². The highest BCUT2D eigenvalue weighted by Crippen LogP contribution is 2.46. The molecule has 3 N–H and O–H groups in total. The van der Waals surface area contributed by atoms with Crippen molar-refractivity contribution >= 4 is 23.3 Å². The summed E-state index contributed by atoms with van der Waals surface area (Å²) < 4.78 is 0. The Bertz CT molecular complexity index is 969. The summed E-state index contributed by atoms with van der Waals surface area (Å²) in [7, 11) is 0. The molecular formula is C20H20N4O2S. The number of nitrogens with zero attached hydrogens (tertiary/aromatic N) is 3. The molecule has 138 valence electrons. The van der Waals surface area contributed by atoms with Crippen molar-refractivity contribution in [2.75, 3.05) is 11.2 Å². The molecule has 1 aliphatic heterocycles. The summed E-state index contributed by atoms with van der Waals surface area (Å²) in [6, 6.07) is 17.3. The molecule has 0 fully saturated rings. The Balaban J connectivity index is 1.87. The molecule has 0 saturated carbocycles. The minimum Gasteiger partial charge on any atom is -0.507 e. The van der Waals surface area contributed by atoms with Crippen LogP contribution >= 0.6 is 11.8 Å². The lowest BCUT2D eigenvalue weighted by Crippen LogP contribution is -2.35. The van der Waals surface area contributed by atoms with Crippen molar-refractivity contribution in [1.82, 2.24) is 15.2 Å². The third-order valence-electron chi connectivity index (χ3n) is 4.69. The fraction of sp³-hybridized carbons (Fsp3) is 0.200. The Kier molecular flexibility index (Phi) is 4.63. The molecule has 27 heavy (non-hydrogen) atoms. The molecule has 2 heterocycles. The lowest BCUT2D eigenvalue weighted by molar-refractivity contribution is 0.156. The van der Waals surface area contributed by atoms with Gasteiger partial charge in [0.15, 0.2) is 6.23 Å². The van der Waals surface area contributed by atoms with Crippen LogP contribution in [0.25, 0.3) is 5.57 Å². The highest BCUT2D eigenvalue weighted by Gasteiger charge is 2.43. The number of rotatable bonds is 4. The van der Waals surface area contributed by atoms with Crippen LogP contribution in [0.3, 0.4) is 0 Å². The smallest absolute Gasteiger partial charge is 0.225 e. The molecular weight excluding hydrogens is 360 g/mol. The van der Waals surface area contributed by atoms with E-state index in [1.165, 1.54) is 11.8 Å². The lowest BCUT2D eigenvalue weighted by Gasteiger charge is -2.28. The highest BCUT2D eigenvalue weighted by molar-refractivity contribution is 7.98. The standard InChI is InChI=1S/C20H20N4O2S/c1-12-8-10-14(11-9-12)16-15(13-6-4-3-5-7-13)17(25)18(26)24(16)19-21-20(27-2)23-22-19/h3-11,16,18,25-26H,1-2H3,(H,21,22,23). The maximum atomic E-state index is 10.8. The molecule has 0 radical (unpaired) electrons. The first kappa shape index (κ1) is 17.6. The van der Waals surface area contributed by atoms with Crippen LogP contribution in [0.15, 0.2) is 65.5 Å². The summed E-state index contributed by atoms with van der Waals surface area (Å²) in [6.07, 6.45) is 0.671. The van der Waals surface area contributed by atoms with Gasteiger partial charge in [-0.3, -0.25) is 4.90 Å². The van der Waals surface area contributed by atoms with Crippen molar-refractivity contribution in [2.24, 2.45) is 0 Å². The predicted molar refractivity (Wildman–Crippen MR) is 107 cm³/mol. The first-order valence-corrected chi connectivity index (χ1v) is 9.80. The zero-order valence-corrected chi connectivity index (χ0v) is 15.8. The minimum absolute atomic E-state index is 0.0751. The number of aliphatic hydroxyl groups excluding tert-OH is 2. The van der Waals surface area contributed by atoms with E-state index in [0.717, 1.165) is 16.7 Å². The van der Waals surface area contributed by atoms with Crippen LogP contribution in [0.4, 0.5) is 5.95 Å². The maximum Gasteiger partial charge on any atom is 0.225 e. The fourth-order valence-corrected chi connectivity index (χ4v) is 3.69. The molecule has 1 aromatic heterocycles. The van der Waals surface area contributed by atoms with Gasteiger partial charge in [-0.1, -0.05) is 71.9 Å². The van der Waals surface area contributed by atoms with Crippen molar-refractivity contribution in [2.45, 2.75) is 24.3 Å². The molecule has 0 spiro atoms. The summed E-state index contributed by atoms with van der Waals surface area (Å²) in [4.78, 5) is 6.10. The normalized spacial score (nSPS) is 19.7. The number of aromatic nitrogens is 3.